The molecule has 0 saturated carbocycles. The molecular formula is C17H22N2OS. The number of nitrogens with one attached hydrogen (secondary N) is 1. The summed E-state index contributed by atoms with van der Waals surface area (Å²) in [5, 5.41) is 3.04. The minimum absolute atomic E-state index is 0.0213. The predicted octanol–water partition coefficient (Wildman–Crippen LogP) is 2.96. The molecule has 0 bridgehead atoms. The Balaban J connectivity index is 1.93. The molecule has 1 atom stereocenters. The number of thiophene rings is 1. The highest BCUT2D eigenvalue weighted by molar-refractivity contribution is 7.13. The van der Waals surface area contributed by atoms with Crippen molar-refractivity contribution in [1.82, 2.24) is 10.2 Å². The highest BCUT2D eigenvalue weighted by atomic mass is 32.1. The first-order chi connectivity index (χ1) is 10.1. The molecule has 0 aliphatic rings. The van der Waals surface area contributed by atoms with E-state index in [0.717, 1.165) is 16.2 Å². The first kappa shape index (κ1) is 15.7. The third-order valence-electron chi connectivity index (χ3n) is 3.51. The highest BCUT2D eigenvalue weighted by Gasteiger charge is 2.15. The zero-order chi connectivity index (χ0) is 15.2. The first-order valence-corrected chi connectivity index (χ1v) is 7.93. The summed E-state index contributed by atoms with van der Waals surface area (Å²) < 4.78 is 0. The van der Waals surface area contributed by atoms with Crippen LogP contribution in [0, 0.1) is 6.92 Å². The Morgan fingerprint density at radius 2 is 1.90 bits per heavy atom. The fourth-order valence-electron chi connectivity index (χ4n) is 2.18. The molecule has 0 saturated heterocycles. The van der Waals surface area contributed by atoms with Gasteiger partial charge < -0.3 is 10.2 Å². The normalized spacial score (nSPS) is 12.4. The molecule has 1 aromatic carbocycles. The number of carbonyl (C=O) groups is 1. The Bertz CT molecular complexity index is 577. The number of rotatable bonds is 6. The van der Waals surface area contributed by atoms with Crippen molar-refractivity contribution in [2.45, 2.75) is 19.4 Å². The molecule has 1 unspecified atom stereocenters. The van der Waals surface area contributed by atoms with Crippen molar-refractivity contribution in [1.29, 1.82) is 0 Å². The van der Waals surface area contributed by atoms with Crippen molar-refractivity contribution < 1.29 is 4.79 Å². The monoisotopic (exact) mass is 302 g/mol. The summed E-state index contributed by atoms with van der Waals surface area (Å²) in [6.45, 7) is 2.66. The van der Waals surface area contributed by atoms with Gasteiger partial charge in [-0.25, -0.2) is 0 Å². The molecule has 0 aliphatic heterocycles. The number of aryl methyl sites for hydroxylation is 1. The van der Waals surface area contributed by atoms with E-state index in [1.807, 2.05) is 25.1 Å². The van der Waals surface area contributed by atoms with Crippen molar-refractivity contribution in [2.75, 3.05) is 20.6 Å². The Hall–Kier alpha value is -1.65. The maximum absolute atomic E-state index is 12.1. The lowest BCUT2D eigenvalue weighted by Crippen LogP contribution is -2.41. The quantitative estimate of drug-likeness (QED) is 0.890. The summed E-state index contributed by atoms with van der Waals surface area (Å²) in [6.07, 6.45) is 0.928. The molecule has 1 aromatic heterocycles. The number of nitrogens with zero attached hydrogens (tertiary/aromatic N) is 1. The maximum Gasteiger partial charge on any atom is 0.261 e. The smallest absolute Gasteiger partial charge is 0.261 e. The second kappa shape index (κ2) is 7.38. The third-order valence-corrected chi connectivity index (χ3v) is 4.51. The molecule has 0 spiro atoms. The van der Waals surface area contributed by atoms with Crippen LogP contribution in [0.25, 0.3) is 0 Å². The van der Waals surface area contributed by atoms with Crippen LogP contribution >= 0.6 is 11.3 Å². The van der Waals surface area contributed by atoms with E-state index < -0.39 is 0 Å². The van der Waals surface area contributed by atoms with Gasteiger partial charge in [-0.15, -0.1) is 11.3 Å². The van der Waals surface area contributed by atoms with Crippen molar-refractivity contribution >= 4 is 17.2 Å². The van der Waals surface area contributed by atoms with Gasteiger partial charge in [0.2, 0.25) is 0 Å². The van der Waals surface area contributed by atoms with Crippen LogP contribution in [0.3, 0.4) is 0 Å². The zero-order valence-corrected chi connectivity index (χ0v) is 13.6. The lowest BCUT2D eigenvalue weighted by Gasteiger charge is -2.24. The SMILES string of the molecule is Cc1ccc(C(=O)NCC(Cc2ccccc2)N(C)C)s1. The molecule has 4 heteroatoms. The average Bonchev–Trinajstić information content (AvgIpc) is 2.90. The number of likely N-dealkylation sites (N-methyl/N-ethyl adjacent to an activating group) is 1. The van der Waals surface area contributed by atoms with E-state index in [2.05, 4.69) is 48.6 Å². The molecule has 0 fully saturated rings. The van der Waals surface area contributed by atoms with Gasteiger partial charge in [-0.1, -0.05) is 30.3 Å². The van der Waals surface area contributed by atoms with Gasteiger partial charge in [0.05, 0.1) is 4.88 Å². The van der Waals surface area contributed by atoms with Crippen LogP contribution in [0.1, 0.15) is 20.1 Å². The predicted molar refractivity (Wildman–Crippen MR) is 89.0 cm³/mol. The molecule has 0 aliphatic carbocycles. The van der Waals surface area contributed by atoms with E-state index in [4.69, 9.17) is 0 Å². The topological polar surface area (TPSA) is 32.3 Å². The van der Waals surface area contributed by atoms with Gasteiger partial charge in [0.1, 0.15) is 0 Å². The Labute approximate surface area is 130 Å². The van der Waals surface area contributed by atoms with E-state index in [1.165, 1.54) is 16.9 Å². The summed E-state index contributed by atoms with van der Waals surface area (Å²) in [6, 6.07) is 14.5. The number of carbonyl (C=O) groups excluding carboxylic acids is 1. The Morgan fingerprint density at radius 1 is 1.19 bits per heavy atom. The Morgan fingerprint density at radius 3 is 2.48 bits per heavy atom. The molecule has 1 amide bonds. The van der Waals surface area contributed by atoms with Crippen molar-refractivity contribution in [3.8, 4) is 0 Å². The summed E-state index contributed by atoms with van der Waals surface area (Å²) >= 11 is 1.53. The summed E-state index contributed by atoms with van der Waals surface area (Å²) in [7, 11) is 4.10. The standard InChI is InChI=1S/C17H22N2OS/c1-13-9-10-16(21-13)17(20)18-12-15(19(2)3)11-14-7-5-4-6-8-14/h4-10,15H,11-12H2,1-3H3,(H,18,20). The number of amides is 1. The molecule has 3 nitrogen and oxygen atoms in total. The number of hydrogen-bond donors (Lipinski definition) is 1. The first-order valence-electron chi connectivity index (χ1n) is 7.11. The van der Waals surface area contributed by atoms with E-state index in [-0.39, 0.29) is 11.9 Å². The van der Waals surface area contributed by atoms with Crippen molar-refractivity contribution in [2.24, 2.45) is 0 Å². The second-order valence-electron chi connectivity index (χ2n) is 5.43. The van der Waals surface area contributed by atoms with Crippen LogP contribution in [0.2, 0.25) is 0 Å². The molecule has 0 radical (unpaired) electrons. The van der Waals surface area contributed by atoms with E-state index in [0.29, 0.717) is 6.54 Å². The highest BCUT2D eigenvalue weighted by Crippen LogP contribution is 2.14. The van der Waals surface area contributed by atoms with E-state index in [9.17, 15) is 4.79 Å². The molecule has 112 valence electrons. The Kier molecular flexibility index (Phi) is 5.53. The summed E-state index contributed by atoms with van der Waals surface area (Å²) in [5.41, 5.74) is 1.29. The van der Waals surface area contributed by atoms with Gasteiger partial charge in [0.25, 0.3) is 5.91 Å². The summed E-state index contributed by atoms with van der Waals surface area (Å²) in [4.78, 5) is 16.2. The molecule has 2 rings (SSSR count). The number of benzene rings is 1. The van der Waals surface area contributed by atoms with Gasteiger partial charge in [-0.3, -0.25) is 4.79 Å². The molecule has 2 aromatic rings. The van der Waals surface area contributed by atoms with Crippen molar-refractivity contribution in [3.63, 3.8) is 0 Å². The van der Waals surface area contributed by atoms with Gasteiger partial charge in [0.15, 0.2) is 0 Å². The van der Waals surface area contributed by atoms with Gasteiger partial charge in [0, 0.05) is 17.5 Å². The van der Waals surface area contributed by atoms with Gasteiger partial charge in [-0.05, 0) is 45.1 Å². The van der Waals surface area contributed by atoms with Crippen LogP contribution in [0.15, 0.2) is 42.5 Å². The molecular weight excluding hydrogens is 280 g/mol. The maximum atomic E-state index is 12.1. The minimum atomic E-state index is 0.0213. The van der Waals surface area contributed by atoms with Crippen LogP contribution in [0.4, 0.5) is 0 Å². The van der Waals surface area contributed by atoms with Crippen LogP contribution in [-0.2, 0) is 6.42 Å². The van der Waals surface area contributed by atoms with Crippen LogP contribution in [-0.4, -0.2) is 37.5 Å². The van der Waals surface area contributed by atoms with Crippen molar-refractivity contribution in [3.05, 3.63) is 57.8 Å². The molecule has 1 N–H and O–H groups in total. The average molecular weight is 302 g/mol. The number of hydrogen-bond acceptors (Lipinski definition) is 3. The van der Waals surface area contributed by atoms with E-state index >= 15 is 0 Å². The zero-order valence-electron chi connectivity index (χ0n) is 12.8. The fourth-order valence-corrected chi connectivity index (χ4v) is 2.96. The molecule has 21 heavy (non-hydrogen) atoms. The summed E-state index contributed by atoms with van der Waals surface area (Å²) in [5.74, 6) is 0.0213. The third kappa shape index (κ3) is 4.69. The lowest BCUT2D eigenvalue weighted by atomic mass is 10.1. The van der Waals surface area contributed by atoms with Crippen LogP contribution < -0.4 is 5.32 Å². The van der Waals surface area contributed by atoms with Crippen LogP contribution in [0.5, 0.6) is 0 Å². The second-order valence-corrected chi connectivity index (χ2v) is 6.72. The van der Waals surface area contributed by atoms with Gasteiger partial charge in [-0.2, -0.15) is 0 Å². The lowest BCUT2D eigenvalue weighted by molar-refractivity contribution is 0.0946. The van der Waals surface area contributed by atoms with Gasteiger partial charge >= 0.3 is 0 Å². The largest absolute Gasteiger partial charge is 0.350 e. The van der Waals surface area contributed by atoms with E-state index in [1.54, 1.807) is 0 Å². The fraction of sp³-hybridized carbons (Fsp3) is 0.353. The minimum Gasteiger partial charge on any atom is -0.350 e. The molecule has 1 heterocycles.